The van der Waals surface area contributed by atoms with Gasteiger partial charge in [-0.05, 0) is 56.2 Å². The van der Waals surface area contributed by atoms with Crippen LogP contribution < -0.4 is 14.8 Å². The standard InChI is InChI=1S/C20H28FN3O4S2/c1-14(16-7-8-17(21)18(11-16)28-13-15-5-6-15)23-30(26,27)10-4-2-3-9-24-12-19(29)22-20(24)25/h7-8,11,14-15,23H,2-6,9-10,12-13H2,1H3,(H,22,25,29)/t14-/m1/s1. The van der Waals surface area contributed by atoms with Gasteiger partial charge in [0, 0.05) is 12.6 Å². The maximum atomic E-state index is 13.9. The van der Waals surface area contributed by atoms with E-state index in [-0.39, 0.29) is 17.5 Å². The van der Waals surface area contributed by atoms with Gasteiger partial charge in [-0.2, -0.15) is 0 Å². The van der Waals surface area contributed by atoms with Crippen LogP contribution in [0.2, 0.25) is 0 Å². The number of amides is 2. The van der Waals surface area contributed by atoms with Gasteiger partial charge in [0.15, 0.2) is 11.6 Å². The summed E-state index contributed by atoms with van der Waals surface area (Å²) < 4.78 is 46.9. The lowest BCUT2D eigenvalue weighted by atomic mass is 10.1. The van der Waals surface area contributed by atoms with Crippen molar-refractivity contribution in [3.63, 3.8) is 0 Å². The Morgan fingerprint density at radius 1 is 1.33 bits per heavy atom. The highest BCUT2D eigenvalue weighted by molar-refractivity contribution is 7.89. The van der Waals surface area contributed by atoms with E-state index in [1.54, 1.807) is 24.0 Å². The van der Waals surface area contributed by atoms with Gasteiger partial charge < -0.3 is 15.0 Å². The maximum absolute atomic E-state index is 13.9. The average Bonchev–Trinajstić information content (AvgIpc) is 3.44. The van der Waals surface area contributed by atoms with Gasteiger partial charge in [-0.1, -0.05) is 24.7 Å². The normalized spacial score (nSPS) is 17.9. The van der Waals surface area contributed by atoms with Gasteiger partial charge in [0.05, 0.1) is 18.9 Å². The van der Waals surface area contributed by atoms with Crippen molar-refractivity contribution in [2.24, 2.45) is 5.92 Å². The second-order valence-corrected chi connectivity index (χ2v) is 10.3. The molecule has 30 heavy (non-hydrogen) atoms. The van der Waals surface area contributed by atoms with E-state index in [1.807, 2.05) is 0 Å². The zero-order valence-corrected chi connectivity index (χ0v) is 18.7. The maximum Gasteiger partial charge on any atom is 0.322 e. The second kappa shape index (κ2) is 10.0. The van der Waals surface area contributed by atoms with Gasteiger partial charge in [-0.3, -0.25) is 0 Å². The van der Waals surface area contributed by atoms with Gasteiger partial charge in [-0.25, -0.2) is 22.3 Å². The number of benzene rings is 1. The first-order valence-corrected chi connectivity index (χ1v) is 12.3. The topological polar surface area (TPSA) is 87.7 Å². The molecule has 2 fully saturated rings. The molecule has 1 aliphatic heterocycles. The summed E-state index contributed by atoms with van der Waals surface area (Å²) in [4.78, 5) is 13.7. The monoisotopic (exact) mass is 457 g/mol. The lowest BCUT2D eigenvalue weighted by Crippen LogP contribution is -2.30. The van der Waals surface area contributed by atoms with Crippen molar-refractivity contribution >= 4 is 33.3 Å². The first kappa shape index (κ1) is 22.9. The lowest BCUT2D eigenvalue weighted by molar-refractivity contribution is 0.216. The number of rotatable bonds is 12. The summed E-state index contributed by atoms with van der Waals surface area (Å²) in [6.45, 7) is 3.19. The molecule has 1 aromatic rings. The minimum atomic E-state index is -3.48. The van der Waals surface area contributed by atoms with E-state index in [0.717, 1.165) is 12.8 Å². The molecular weight excluding hydrogens is 429 g/mol. The molecular formula is C20H28FN3O4S2. The first-order chi connectivity index (χ1) is 14.2. The zero-order chi connectivity index (χ0) is 21.7. The van der Waals surface area contributed by atoms with Crippen LogP contribution >= 0.6 is 12.2 Å². The van der Waals surface area contributed by atoms with Crippen LogP contribution in [-0.4, -0.2) is 49.8 Å². The predicted molar refractivity (Wildman–Crippen MR) is 117 cm³/mol. The number of sulfonamides is 1. The fourth-order valence-corrected chi connectivity index (χ4v) is 4.84. The molecule has 7 nitrogen and oxygen atoms in total. The van der Waals surface area contributed by atoms with Crippen molar-refractivity contribution in [2.75, 3.05) is 25.4 Å². The molecule has 0 bridgehead atoms. The summed E-state index contributed by atoms with van der Waals surface area (Å²) in [6.07, 6.45) is 4.09. The highest BCUT2D eigenvalue weighted by Crippen LogP contribution is 2.31. The molecule has 3 rings (SSSR count). The van der Waals surface area contributed by atoms with Crippen LogP contribution in [0.1, 0.15) is 50.6 Å². The van der Waals surface area contributed by atoms with Crippen LogP contribution in [-0.2, 0) is 10.0 Å². The fraction of sp³-hybridized carbons (Fsp3) is 0.600. The number of unbranched alkanes of at least 4 members (excludes halogenated alkanes) is 2. The quantitative estimate of drug-likeness (QED) is 0.372. The van der Waals surface area contributed by atoms with Gasteiger partial charge in [0.1, 0.15) is 4.99 Å². The Balaban J connectivity index is 1.42. The molecule has 1 heterocycles. The molecule has 0 radical (unpaired) electrons. The molecule has 10 heteroatoms. The number of urea groups is 1. The zero-order valence-electron chi connectivity index (χ0n) is 17.0. The summed E-state index contributed by atoms with van der Waals surface area (Å²) in [5.41, 5.74) is 0.654. The Morgan fingerprint density at radius 3 is 2.77 bits per heavy atom. The summed E-state index contributed by atoms with van der Waals surface area (Å²) in [6, 6.07) is 3.76. The summed E-state index contributed by atoms with van der Waals surface area (Å²) in [5, 5.41) is 2.57. The Bertz CT molecular complexity index is 890. The van der Waals surface area contributed by atoms with E-state index in [1.165, 1.54) is 6.07 Å². The number of halogens is 1. The van der Waals surface area contributed by atoms with Crippen molar-refractivity contribution in [1.29, 1.82) is 0 Å². The molecule has 0 unspecified atom stereocenters. The van der Waals surface area contributed by atoms with Crippen LogP contribution in [0.4, 0.5) is 9.18 Å². The third-order valence-corrected chi connectivity index (χ3v) is 6.96. The van der Waals surface area contributed by atoms with Crippen molar-refractivity contribution in [3.05, 3.63) is 29.6 Å². The molecule has 1 atom stereocenters. The van der Waals surface area contributed by atoms with Crippen molar-refractivity contribution in [2.45, 2.75) is 45.1 Å². The fourth-order valence-electron chi connectivity index (χ4n) is 3.22. The second-order valence-electron chi connectivity index (χ2n) is 7.94. The molecule has 0 aromatic heterocycles. The number of hydrogen-bond acceptors (Lipinski definition) is 5. The predicted octanol–water partition coefficient (Wildman–Crippen LogP) is 3.12. The Labute approximate surface area is 182 Å². The van der Waals surface area contributed by atoms with Gasteiger partial charge >= 0.3 is 6.03 Å². The van der Waals surface area contributed by atoms with Crippen molar-refractivity contribution in [1.82, 2.24) is 14.9 Å². The minimum Gasteiger partial charge on any atom is -0.490 e. The molecule has 2 amide bonds. The largest absolute Gasteiger partial charge is 0.490 e. The lowest BCUT2D eigenvalue weighted by Gasteiger charge is -2.17. The molecule has 1 saturated heterocycles. The number of carbonyl (C=O) groups is 1. The van der Waals surface area contributed by atoms with E-state index in [2.05, 4.69) is 10.0 Å². The van der Waals surface area contributed by atoms with E-state index in [9.17, 15) is 17.6 Å². The molecule has 1 aromatic carbocycles. The minimum absolute atomic E-state index is 0.00577. The van der Waals surface area contributed by atoms with Crippen molar-refractivity contribution < 1.29 is 22.3 Å². The molecule has 1 saturated carbocycles. The summed E-state index contributed by atoms with van der Waals surface area (Å²) in [7, 11) is -3.48. The average molecular weight is 458 g/mol. The molecule has 2 aliphatic rings. The van der Waals surface area contributed by atoms with Crippen LogP contribution in [0, 0.1) is 11.7 Å². The summed E-state index contributed by atoms with van der Waals surface area (Å²) >= 11 is 4.96. The highest BCUT2D eigenvalue weighted by Gasteiger charge is 2.24. The smallest absolute Gasteiger partial charge is 0.322 e. The van der Waals surface area contributed by atoms with Crippen LogP contribution in [0.5, 0.6) is 5.75 Å². The molecule has 166 valence electrons. The third kappa shape index (κ3) is 6.88. The Hall–Kier alpha value is -1.78. The number of carbonyl (C=O) groups excluding carboxylic acids is 1. The molecule has 2 N–H and O–H groups in total. The SMILES string of the molecule is C[C@@H](NS(=O)(=O)CCCCCN1CC(=S)NC1=O)c1ccc(F)c(OCC2CC2)c1. The van der Waals surface area contributed by atoms with Gasteiger partial charge in [-0.15, -0.1) is 0 Å². The van der Waals surface area contributed by atoms with Crippen LogP contribution in [0.3, 0.4) is 0 Å². The number of hydrogen-bond donors (Lipinski definition) is 2. The van der Waals surface area contributed by atoms with Gasteiger partial charge in [0.25, 0.3) is 0 Å². The Kier molecular flexibility index (Phi) is 7.65. The van der Waals surface area contributed by atoms with E-state index in [4.69, 9.17) is 17.0 Å². The van der Waals surface area contributed by atoms with E-state index in [0.29, 0.717) is 55.4 Å². The van der Waals surface area contributed by atoms with E-state index >= 15 is 0 Å². The molecule has 0 spiro atoms. The third-order valence-electron chi connectivity index (χ3n) is 5.19. The number of nitrogens with one attached hydrogen (secondary N) is 2. The Morgan fingerprint density at radius 2 is 2.10 bits per heavy atom. The van der Waals surface area contributed by atoms with Crippen LogP contribution in [0.25, 0.3) is 0 Å². The number of ether oxygens (including phenoxy) is 1. The molecule has 1 aliphatic carbocycles. The highest BCUT2D eigenvalue weighted by atomic mass is 32.2. The number of thiocarbonyl (C=S) groups is 1. The van der Waals surface area contributed by atoms with Crippen LogP contribution in [0.15, 0.2) is 18.2 Å². The summed E-state index contributed by atoms with van der Waals surface area (Å²) in [5.74, 6) is 0.215. The van der Waals surface area contributed by atoms with E-state index < -0.39 is 21.9 Å². The first-order valence-electron chi connectivity index (χ1n) is 10.2. The van der Waals surface area contributed by atoms with Crippen molar-refractivity contribution in [3.8, 4) is 5.75 Å². The number of nitrogens with zero attached hydrogens (tertiary/aromatic N) is 1. The van der Waals surface area contributed by atoms with Gasteiger partial charge in [0.2, 0.25) is 10.0 Å².